The van der Waals surface area contributed by atoms with E-state index in [0.717, 1.165) is 6.07 Å². The number of aliphatic carboxylic acids is 2. The Hall–Kier alpha value is -2.98. The van der Waals surface area contributed by atoms with E-state index >= 15 is 8.78 Å². The van der Waals surface area contributed by atoms with Crippen LogP contribution in [-0.4, -0.2) is 54.1 Å². The molecule has 0 bridgehead atoms. The van der Waals surface area contributed by atoms with Crippen molar-refractivity contribution in [3.8, 4) is 6.07 Å². The van der Waals surface area contributed by atoms with E-state index in [4.69, 9.17) is 37.8 Å². The zero-order chi connectivity index (χ0) is 30.6. The summed E-state index contributed by atoms with van der Waals surface area (Å²) in [5.41, 5.74) is -2.44. The number of carboxylic acids is 2. The summed E-state index contributed by atoms with van der Waals surface area (Å²) in [6.07, 6.45) is -4.83. The van der Waals surface area contributed by atoms with Crippen LogP contribution in [0, 0.1) is 28.4 Å². The summed E-state index contributed by atoms with van der Waals surface area (Å²) < 4.78 is 67.6. The maximum Gasteiger partial charge on any atom is 0.490 e. The first-order valence-corrected chi connectivity index (χ1v) is 12.3. The van der Waals surface area contributed by atoms with Crippen LogP contribution in [0.2, 0.25) is 10.0 Å². The van der Waals surface area contributed by atoms with Crippen molar-refractivity contribution in [3.05, 3.63) is 69.2 Å². The summed E-state index contributed by atoms with van der Waals surface area (Å²) in [6.45, 7) is 4.09. The SMILES string of the molecule is COCC(C)(C)C[C@@H]1N[C@@H](C(=O)O)[C@H](c2cccc(Cl)c2F)[C@@]1(C#N)c1ccc(Cl)cc1F.O=C(O)C(F)(F)F. The minimum Gasteiger partial charge on any atom is -0.480 e. The Bertz CT molecular complexity index is 1300. The molecule has 4 atom stereocenters. The Morgan fingerprint density at radius 1 is 1.15 bits per heavy atom. The van der Waals surface area contributed by atoms with Crippen molar-refractivity contribution in [2.24, 2.45) is 5.41 Å². The summed E-state index contributed by atoms with van der Waals surface area (Å²) in [7, 11) is 1.53. The molecule has 0 aliphatic carbocycles. The lowest BCUT2D eigenvalue weighted by molar-refractivity contribution is -0.192. The molecule has 0 spiro atoms. The van der Waals surface area contributed by atoms with Crippen molar-refractivity contribution in [1.29, 1.82) is 5.26 Å². The van der Waals surface area contributed by atoms with E-state index in [9.17, 15) is 28.3 Å². The molecule has 7 nitrogen and oxygen atoms in total. The van der Waals surface area contributed by atoms with Gasteiger partial charge in [0.15, 0.2) is 0 Å². The normalized spacial score (nSPS) is 22.7. The lowest BCUT2D eigenvalue weighted by Gasteiger charge is -2.38. The molecule has 1 fully saturated rings. The van der Waals surface area contributed by atoms with E-state index in [1.165, 1.54) is 37.4 Å². The number of halogens is 7. The van der Waals surface area contributed by atoms with Gasteiger partial charge < -0.3 is 14.9 Å². The number of nitriles is 1. The van der Waals surface area contributed by atoms with E-state index in [-0.39, 0.29) is 27.6 Å². The van der Waals surface area contributed by atoms with Gasteiger partial charge in [-0.15, -0.1) is 0 Å². The zero-order valence-electron chi connectivity index (χ0n) is 21.3. The van der Waals surface area contributed by atoms with E-state index in [1.54, 1.807) is 0 Å². The Morgan fingerprint density at radius 2 is 1.75 bits per heavy atom. The van der Waals surface area contributed by atoms with Gasteiger partial charge in [-0.1, -0.05) is 55.2 Å². The number of ether oxygens (including phenoxy) is 1. The number of hydrogen-bond acceptors (Lipinski definition) is 5. The molecule has 0 aromatic heterocycles. The van der Waals surface area contributed by atoms with Gasteiger partial charge in [0.05, 0.1) is 17.7 Å². The summed E-state index contributed by atoms with van der Waals surface area (Å²) in [6, 6.07) is 7.99. The van der Waals surface area contributed by atoms with Crippen molar-refractivity contribution >= 4 is 35.1 Å². The molecule has 2 aromatic carbocycles. The maximum absolute atomic E-state index is 15.3. The van der Waals surface area contributed by atoms with Gasteiger partial charge in [0.25, 0.3) is 0 Å². The molecule has 0 saturated carbocycles. The smallest absolute Gasteiger partial charge is 0.480 e. The third kappa shape index (κ3) is 7.01. The molecule has 3 rings (SSSR count). The fourth-order valence-electron chi connectivity index (χ4n) is 4.93. The number of methoxy groups -OCH3 is 1. The molecule has 40 heavy (non-hydrogen) atoms. The topological polar surface area (TPSA) is 120 Å². The first-order chi connectivity index (χ1) is 18.4. The van der Waals surface area contributed by atoms with E-state index in [0.29, 0.717) is 6.61 Å². The number of hydrogen-bond donors (Lipinski definition) is 3. The predicted octanol–water partition coefficient (Wildman–Crippen LogP) is 5.94. The maximum atomic E-state index is 15.3. The lowest BCUT2D eigenvalue weighted by atomic mass is 9.62. The van der Waals surface area contributed by atoms with Crippen molar-refractivity contribution in [1.82, 2.24) is 5.32 Å². The minimum atomic E-state index is -5.08. The molecule has 14 heteroatoms. The molecule has 0 amide bonds. The molecular weight excluding hydrogens is 586 g/mol. The van der Waals surface area contributed by atoms with Crippen LogP contribution >= 0.6 is 23.2 Å². The van der Waals surface area contributed by atoms with Gasteiger partial charge in [0, 0.05) is 29.7 Å². The minimum absolute atomic E-state index is 0.0618. The molecular formula is C26H25Cl2F5N2O5. The molecule has 1 heterocycles. The molecule has 0 unspecified atom stereocenters. The lowest BCUT2D eigenvalue weighted by Crippen LogP contribution is -2.45. The predicted molar refractivity (Wildman–Crippen MR) is 135 cm³/mol. The molecule has 3 N–H and O–H groups in total. The molecule has 1 saturated heterocycles. The number of rotatable bonds is 7. The first kappa shape index (κ1) is 33.2. The Balaban J connectivity index is 0.000000708. The van der Waals surface area contributed by atoms with E-state index in [2.05, 4.69) is 11.4 Å². The standard InChI is InChI=1S/C24H24Cl2F2N2O3.C2HF3O2/c1-23(2,12-33-3)10-18-24(11-29,15-8-7-13(25)9-17(15)27)19(21(30-18)22(31)32)14-5-4-6-16(26)20(14)28;3-2(4,5)1(6)7/h4-9,18-19,21,30H,10,12H2,1-3H3,(H,31,32);(H,6,7)/t18-,19-,21+,24-;/m0./s1. The number of carboxylic acid groups (broad SMARTS) is 2. The summed E-state index contributed by atoms with van der Waals surface area (Å²) >= 11 is 12.0. The van der Waals surface area contributed by atoms with E-state index in [1.807, 2.05) is 13.8 Å². The van der Waals surface area contributed by atoms with Gasteiger partial charge in [-0.05, 0) is 35.6 Å². The average molecular weight is 611 g/mol. The zero-order valence-corrected chi connectivity index (χ0v) is 22.8. The van der Waals surface area contributed by atoms with Crippen LogP contribution in [0.5, 0.6) is 0 Å². The van der Waals surface area contributed by atoms with Crippen LogP contribution in [-0.2, 0) is 19.7 Å². The molecule has 1 aliphatic rings. The second kappa shape index (κ2) is 12.7. The Labute approximate surface area is 236 Å². The van der Waals surface area contributed by atoms with Gasteiger partial charge >= 0.3 is 18.1 Å². The van der Waals surface area contributed by atoms with Gasteiger partial charge in [-0.2, -0.15) is 18.4 Å². The number of benzene rings is 2. The highest BCUT2D eigenvalue weighted by Gasteiger charge is 2.61. The molecule has 2 aromatic rings. The summed E-state index contributed by atoms with van der Waals surface area (Å²) in [5.74, 6) is -6.95. The van der Waals surface area contributed by atoms with Crippen molar-refractivity contribution in [3.63, 3.8) is 0 Å². The van der Waals surface area contributed by atoms with Gasteiger partial charge in [0.1, 0.15) is 23.1 Å². The quantitative estimate of drug-likeness (QED) is 0.332. The van der Waals surface area contributed by atoms with Crippen LogP contribution in [0.1, 0.15) is 37.3 Å². The second-order valence-corrected chi connectivity index (χ2v) is 10.7. The fraction of sp³-hybridized carbons (Fsp3) is 0.423. The van der Waals surface area contributed by atoms with Crippen LogP contribution in [0.3, 0.4) is 0 Å². The van der Waals surface area contributed by atoms with Crippen molar-refractivity contribution in [2.75, 3.05) is 13.7 Å². The largest absolute Gasteiger partial charge is 0.490 e. The van der Waals surface area contributed by atoms with Crippen LogP contribution < -0.4 is 5.32 Å². The van der Waals surface area contributed by atoms with Gasteiger partial charge in [-0.25, -0.2) is 13.6 Å². The monoisotopic (exact) mass is 610 g/mol. The number of nitrogens with zero attached hydrogens (tertiary/aromatic N) is 1. The number of carbonyl (C=O) groups is 2. The number of nitrogens with one attached hydrogen (secondary N) is 1. The number of alkyl halides is 3. The fourth-order valence-corrected chi connectivity index (χ4v) is 5.27. The Morgan fingerprint density at radius 3 is 2.23 bits per heavy atom. The van der Waals surface area contributed by atoms with Crippen molar-refractivity contribution < 1.29 is 46.5 Å². The average Bonchev–Trinajstić information content (AvgIpc) is 3.14. The van der Waals surface area contributed by atoms with Crippen LogP contribution in [0.25, 0.3) is 0 Å². The third-order valence-corrected chi connectivity index (χ3v) is 6.96. The first-order valence-electron chi connectivity index (χ1n) is 11.5. The third-order valence-electron chi connectivity index (χ3n) is 6.43. The Kier molecular flexibility index (Phi) is 10.5. The summed E-state index contributed by atoms with van der Waals surface area (Å²) in [4.78, 5) is 21.2. The van der Waals surface area contributed by atoms with E-state index < -0.39 is 58.6 Å². The van der Waals surface area contributed by atoms with Crippen LogP contribution in [0.4, 0.5) is 22.0 Å². The van der Waals surface area contributed by atoms with Gasteiger partial charge in [-0.3, -0.25) is 10.1 Å². The molecule has 218 valence electrons. The highest BCUT2D eigenvalue weighted by Crippen LogP contribution is 2.52. The summed E-state index contributed by atoms with van der Waals surface area (Å²) in [5, 5.41) is 30.6. The second-order valence-electron chi connectivity index (χ2n) is 9.87. The highest BCUT2D eigenvalue weighted by atomic mass is 35.5. The highest BCUT2D eigenvalue weighted by molar-refractivity contribution is 6.31. The van der Waals surface area contributed by atoms with Gasteiger partial charge in [0.2, 0.25) is 0 Å². The van der Waals surface area contributed by atoms with Crippen LogP contribution in [0.15, 0.2) is 36.4 Å². The van der Waals surface area contributed by atoms with Crippen molar-refractivity contribution in [2.45, 2.75) is 49.9 Å². The molecule has 1 aliphatic heterocycles. The molecule has 0 radical (unpaired) electrons.